The molecule has 13 nitrogen and oxygen atoms in total. The Morgan fingerprint density at radius 1 is 0.559 bits per heavy atom. The van der Waals surface area contributed by atoms with E-state index < -0.39 is 10.4 Å². The summed E-state index contributed by atoms with van der Waals surface area (Å²) in [6, 6.07) is 0. The molecule has 0 saturated heterocycles. The molecule has 0 fully saturated rings. The third-order valence-electron chi connectivity index (χ3n) is 3.67. The number of hydrogen-bond acceptors (Lipinski definition) is 11. The van der Waals surface area contributed by atoms with Crippen LogP contribution in [0.25, 0.3) is 0 Å². The second kappa shape index (κ2) is 28.7. The van der Waals surface area contributed by atoms with Crippen LogP contribution in [0.3, 0.4) is 0 Å². The largest absolute Gasteiger partial charge is 0.394 e. The van der Waals surface area contributed by atoms with Gasteiger partial charge in [0, 0.05) is 0 Å². The third-order valence-corrected chi connectivity index (χ3v) is 3.67. The molecule has 14 heteroatoms. The van der Waals surface area contributed by atoms with E-state index in [4.69, 9.17) is 60.5 Å². The molecular formula is C20H44O13S. The molecule has 0 saturated carbocycles. The molecule has 208 valence electrons. The Bertz CT molecular complexity index is 471. The second-order valence-corrected chi connectivity index (χ2v) is 7.44. The molecule has 0 bridgehead atoms. The van der Waals surface area contributed by atoms with Gasteiger partial charge in [-0.25, -0.2) is 0 Å². The normalized spacial score (nSPS) is 12.4. The van der Waals surface area contributed by atoms with E-state index in [9.17, 15) is 0 Å². The van der Waals surface area contributed by atoms with Crippen molar-refractivity contribution in [3.8, 4) is 0 Å². The van der Waals surface area contributed by atoms with Gasteiger partial charge in [-0.2, -0.15) is 8.42 Å². The first-order valence-corrected chi connectivity index (χ1v) is 12.7. The number of ether oxygens (including phenoxy) is 8. The SMILES string of the molecule is CCC(C)OCCOCCOCCOCCOCCOCCOCCOCCO.O=S(=O)(O)O. The molecule has 0 spiro atoms. The predicted octanol–water partition coefficient (Wildman–Crippen LogP) is 0.257. The molecule has 0 aliphatic heterocycles. The molecule has 0 aromatic carbocycles. The summed E-state index contributed by atoms with van der Waals surface area (Å²) in [6.45, 7) is 12.1. The minimum atomic E-state index is -4.67. The van der Waals surface area contributed by atoms with E-state index in [-0.39, 0.29) is 12.7 Å². The van der Waals surface area contributed by atoms with Crippen molar-refractivity contribution in [3.05, 3.63) is 0 Å². The summed E-state index contributed by atoms with van der Waals surface area (Å²) >= 11 is 0. The van der Waals surface area contributed by atoms with Gasteiger partial charge in [-0.1, -0.05) is 6.92 Å². The van der Waals surface area contributed by atoms with Crippen LogP contribution in [0.2, 0.25) is 0 Å². The molecule has 3 N–H and O–H groups in total. The van der Waals surface area contributed by atoms with Gasteiger partial charge in [0.2, 0.25) is 0 Å². The van der Waals surface area contributed by atoms with Gasteiger partial charge in [-0.3, -0.25) is 9.11 Å². The van der Waals surface area contributed by atoms with Crippen LogP contribution in [0.4, 0.5) is 0 Å². The highest BCUT2D eigenvalue weighted by Crippen LogP contribution is 1.94. The molecule has 1 atom stereocenters. The molecule has 0 aliphatic carbocycles. The maximum atomic E-state index is 8.74. The summed E-state index contributed by atoms with van der Waals surface area (Å²) in [5.41, 5.74) is 0. The minimum absolute atomic E-state index is 0.0344. The van der Waals surface area contributed by atoms with Gasteiger partial charge in [0.25, 0.3) is 0 Å². The fourth-order valence-corrected chi connectivity index (χ4v) is 1.91. The van der Waals surface area contributed by atoms with Crippen molar-refractivity contribution < 1.29 is 60.5 Å². The van der Waals surface area contributed by atoms with Crippen LogP contribution in [0, 0.1) is 0 Å². The second-order valence-electron chi connectivity index (χ2n) is 6.55. The van der Waals surface area contributed by atoms with E-state index in [0.29, 0.717) is 99.1 Å². The quantitative estimate of drug-likeness (QED) is 0.110. The zero-order chi connectivity index (χ0) is 25.8. The van der Waals surface area contributed by atoms with E-state index in [1.165, 1.54) is 0 Å². The number of aliphatic hydroxyl groups is 1. The van der Waals surface area contributed by atoms with Gasteiger partial charge in [-0.05, 0) is 13.3 Å². The summed E-state index contributed by atoms with van der Waals surface area (Å²) in [5.74, 6) is 0. The lowest BCUT2D eigenvalue weighted by molar-refractivity contribution is -0.0272. The van der Waals surface area contributed by atoms with E-state index in [0.717, 1.165) is 6.42 Å². The minimum Gasteiger partial charge on any atom is -0.394 e. The Labute approximate surface area is 203 Å². The maximum Gasteiger partial charge on any atom is 0.394 e. The standard InChI is InChI=1S/C20H42O9.H2O4S/c1-3-20(2)29-19-18-28-17-16-27-15-14-26-13-12-25-11-10-24-9-8-23-7-6-22-5-4-21;1-5(2,3)4/h20-21H,3-19H2,1-2H3;(H2,1,2,3,4). The highest BCUT2D eigenvalue weighted by molar-refractivity contribution is 7.79. The molecular weight excluding hydrogens is 480 g/mol. The lowest BCUT2D eigenvalue weighted by Crippen LogP contribution is -2.15. The van der Waals surface area contributed by atoms with Gasteiger partial charge in [-0.15, -0.1) is 0 Å². The van der Waals surface area contributed by atoms with Crippen LogP contribution < -0.4 is 0 Å². The third kappa shape index (κ3) is 41.7. The Balaban J connectivity index is 0. The van der Waals surface area contributed by atoms with Crippen LogP contribution in [0.15, 0.2) is 0 Å². The predicted molar refractivity (Wildman–Crippen MR) is 123 cm³/mol. The summed E-state index contributed by atoms with van der Waals surface area (Å²) in [7, 11) is -4.67. The first-order chi connectivity index (χ1) is 16.3. The highest BCUT2D eigenvalue weighted by Gasteiger charge is 1.98. The monoisotopic (exact) mass is 524 g/mol. The molecule has 0 aromatic rings. The van der Waals surface area contributed by atoms with E-state index in [1.54, 1.807) is 0 Å². The highest BCUT2D eigenvalue weighted by atomic mass is 32.3. The molecule has 1 unspecified atom stereocenters. The molecule has 0 aromatic heterocycles. The first-order valence-electron chi connectivity index (χ1n) is 11.3. The molecule has 34 heavy (non-hydrogen) atoms. The van der Waals surface area contributed by atoms with Gasteiger partial charge in [0.1, 0.15) is 0 Å². The fourth-order valence-electron chi connectivity index (χ4n) is 1.91. The lowest BCUT2D eigenvalue weighted by Gasteiger charge is -2.11. The number of rotatable bonds is 25. The molecule has 0 rings (SSSR count). The topological polar surface area (TPSA) is 169 Å². The summed E-state index contributed by atoms with van der Waals surface area (Å²) in [5, 5.41) is 8.53. The van der Waals surface area contributed by atoms with E-state index >= 15 is 0 Å². The summed E-state index contributed by atoms with van der Waals surface area (Å²) < 4.78 is 74.5. The van der Waals surface area contributed by atoms with Crippen LogP contribution in [-0.2, 0) is 48.3 Å². The number of hydrogen-bond donors (Lipinski definition) is 3. The average molecular weight is 525 g/mol. The van der Waals surface area contributed by atoms with Crippen LogP contribution in [0.1, 0.15) is 20.3 Å². The van der Waals surface area contributed by atoms with Gasteiger partial charge in [0.05, 0.1) is 112 Å². The average Bonchev–Trinajstić information content (AvgIpc) is 2.78. The zero-order valence-corrected chi connectivity index (χ0v) is 21.2. The molecule has 0 aliphatic rings. The van der Waals surface area contributed by atoms with Crippen molar-refractivity contribution in [2.45, 2.75) is 26.4 Å². The van der Waals surface area contributed by atoms with Crippen molar-refractivity contribution in [1.82, 2.24) is 0 Å². The van der Waals surface area contributed by atoms with Crippen molar-refractivity contribution in [2.24, 2.45) is 0 Å². The van der Waals surface area contributed by atoms with Crippen molar-refractivity contribution in [3.63, 3.8) is 0 Å². The smallest absolute Gasteiger partial charge is 0.394 e. The zero-order valence-electron chi connectivity index (χ0n) is 20.4. The molecule has 0 heterocycles. The molecule has 0 radical (unpaired) electrons. The Morgan fingerprint density at radius 3 is 1.03 bits per heavy atom. The molecule has 0 amide bonds. The van der Waals surface area contributed by atoms with Gasteiger partial charge in [0.15, 0.2) is 0 Å². The van der Waals surface area contributed by atoms with Crippen LogP contribution >= 0.6 is 0 Å². The Morgan fingerprint density at radius 2 is 0.794 bits per heavy atom. The van der Waals surface area contributed by atoms with E-state index in [2.05, 4.69) is 13.8 Å². The fraction of sp³-hybridized carbons (Fsp3) is 1.00. The summed E-state index contributed by atoms with van der Waals surface area (Å²) in [4.78, 5) is 0. The van der Waals surface area contributed by atoms with E-state index in [1.807, 2.05) is 0 Å². The lowest BCUT2D eigenvalue weighted by atomic mass is 10.3. The Kier molecular flexibility index (Phi) is 30.2. The van der Waals surface area contributed by atoms with Crippen LogP contribution in [0.5, 0.6) is 0 Å². The van der Waals surface area contributed by atoms with Gasteiger partial charge >= 0.3 is 10.4 Å². The number of aliphatic hydroxyl groups excluding tert-OH is 1. The van der Waals surface area contributed by atoms with Crippen molar-refractivity contribution >= 4 is 10.4 Å². The first kappa shape index (κ1) is 35.7. The Hall–Kier alpha value is -0.490. The van der Waals surface area contributed by atoms with Crippen molar-refractivity contribution in [2.75, 3.05) is 106 Å². The summed E-state index contributed by atoms with van der Waals surface area (Å²) in [6.07, 6.45) is 1.30. The van der Waals surface area contributed by atoms with Crippen LogP contribution in [-0.4, -0.2) is 134 Å². The van der Waals surface area contributed by atoms with Gasteiger partial charge < -0.3 is 43.0 Å². The maximum absolute atomic E-state index is 8.74. The van der Waals surface area contributed by atoms with Crippen molar-refractivity contribution in [1.29, 1.82) is 0 Å².